The predicted molar refractivity (Wildman–Crippen MR) is 108 cm³/mol. The maximum absolute atomic E-state index is 13.9. The van der Waals surface area contributed by atoms with Crippen LogP contribution < -0.4 is 4.90 Å². The van der Waals surface area contributed by atoms with Crippen molar-refractivity contribution >= 4 is 33.0 Å². The van der Waals surface area contributed by atoms with Crippen molar-refractivity contribution in [2.45, 2.75) is 21.6 Å². The molecule has 1 fully saturated rings. The topological polar surface area (TPSA) is 57.7 Å². The number of nitrogens with zero attached hydrogens (tertiary/aromatic N) is 2. The summed E-state index contributed by atoms with van der Waals surface area (Å²) in [6.07, 6.45) is 1.68. The first-order valence-electron chi connectivity index (χ1n) is 9.12. The van der Waals surface area contributed by atoms with Gasteiger partial charge in [0.25, 0.3) is 5.91 Å². The number of carbonyl (C=O) groups excluding carboxylic acids is 1. The molecule has 0 aliphatic carbocycles. The highest BCUT2D eigenvalue weighted by Gasteiger charge is 2.69. The number of fused-ring (bicyclic) bond motifs is 6. The summed E-state index contributed by atoms with van der Waals surface area (Å²) in [4.78, 5) is 17.8. The molecule has 2 aromatic rings. The maximum Gasteiger partial charge on any atom is 0.253 e. The van der Waals surface area contributed by atoms with Gasteiger partial charge < -0.3 is 4.90 Å². The second-order valence-corrected chi connectivity index (χ2v) is 10.2. The fourth-order valence-corrected chi connectivity index (χ4v) is 7.76. The Kier molecular flexibility index (Phi) is 3.64. The van der Waals surface area contributed by atoms with Crippen molar-refractivity contribution in [3.05, 3.63) is 71.3 Å². The number of halogens is 1. The second-order valence-electron chi connectivity index (χ2n) is 7.61. The summed E-state index contributed by atoms with van der Waals surface area (Å²) >= 11 is 6.32. The minimum Gasteiger partial charge on any atom is -0.306 e. The molecule has 28 heavy (non-hydrogen) atoms. The molecule has 5 rings (SSSR count). The van der Waals surface area contributed by atoms with Crippen LogP contribution in [0.25, 0.3) is 0 Å². The van der Waals surface area contributed by atoms with E-state index in [1.165, 1.54) is 0 Å². The van der Waals surface area contributed by atoms with Gasteiger partial charge in [0.2, 0.25) is 0 Å². The van der Waals surface area contributed by atoms with E-state index in [9.17, 15) is 13.2 Å². The molecule has 7 heteroatoms. The Labute approximate surface area is 169 Å². The van der Waals surface area contributed by atoms with E-state index in [-0.39, 0.29) is 5.91 Å². The Morgan fingerprint density at radius 3 is 2.79 bits per heavy atom. The van der Waals surface area contributed by atoms with Crippen molar-refractivity contribution in [2.24, 2.45) is 0 Å². The van der Waals surface area contributed by atoms with E-state index < -0.39 is 26.5 Å². The summed E-state index contributed by atoms with van der Waals surface area (Å²) in [6.45, 7) is 4.43. The highest BCUT2D eigenvalue weighted by Crippen LogP contribution is 2.61. The molecule has 1 spiro atoms. The van der Waals surface area contributed by atoms with Gasteiger partial charge in [0, 0.05) is 35.3 Å². The maximum atomic E-state index is 13.9. The summed E-state index contributed by atoms with van der Waals surface area (Å²) in [5.41, 5.74) is 1.17. The lowest BCUT2D eigenvalue weighted by Crippen LogP contribution is -2.50. The summed E-state index contributed by atoms with van der Waals surface area (Å²) in [5, 5.41) is -0.133. The Hall–Kier alpha value is -2.15. The molecule has 1 amide bonds. The second kappa shape index (κ2) is 5.69. The zero-order chi connectivity index (χ0) is 19.8. The quantitative estimate of drug-likeness (QED) is 0.709. The van der Waals surface area contributed by atoms with Crippen LogP contribution in [0.3, 0.4) is 0 Å². The number of likely N-dealkylation sites (tertiary alicyclic amines) is 1. The lowest BCUT2D eigenvalue weighted by Gasteiger charge is -2.36. The first-order chi connectivity index (χ1) is 13.3. The number of anilines is 1. The first kappa shape index (κ1) is 17.9. The van der Waals surface area contributed by atoms with Crippen LogP contribution in [-0.2, 0) is 20.2 Å². The van der Waals surface area contributed by atoms with Crippen molar-refractivity contribution in [1.29, 1.82) is 0 Å². The molecular formula is C21H19ClN2O3S. The number of hydrogen-bond donors (Lipinski definition) is 0. The van der Waals surface area contributed by atoms with E-state index in [1.807, 2.05) is 36.2 Å². The van der Waals surface area contributed by atoms with Crippen LogP contribution in [0.1, 0.15) is 17.0 Å². The molecule has 0 bridgehead atoms. The van der Waals surface area contributed by atoms with E-state index in [1.54, 1.807) is 29.2 Å². The van der Waals surface area contributed by atoms with Gasteiger partial charge in [0.15, 0.2) is 9.84 Å². The summed E-state index contributed by atoms with van der Waals surface area (Å²) in [7, 11) is -1.68. The van der Waals surface area contributed by atoms with Gasteiger partial charge in [-0.25, -0.2) is 8.42 Å². The van der Waals surface area contributed by atoms with E-state index in [0.717, 1.165) is 16.8 Å². The third-order valence-corrected chi connectivity index (χ3v) is 8.82. The van der Waals surface area contributed by atoms with Gasteiger partial charge in [-0.15, -0.1) is 6.58 Å². The molecule has 3 aliphatic rings. The normalized spacial score (nSPS) is 29.8. The van der Waals surface area contributed by atoms with Crippen molar-refractivity contribution in [3.63, 3.8) is 0 Å². The lowest BCUT2D eigenvalue weighted by atomic mass is 9.76. The largest absolute Gasteiger partial charge is 0.306 e. The number of benzene rings is 2. The van der Waals surface area contributed by atoms with Crippen LogP contribution in [0.2, 0.25) is 5.02 Å². The average Bonchev–Trinajstić information content (AvgIpc) is 3.19. The average molecular weight is 415 g/mol. The number of amides is 1. The van der Waals surface area contributed by atoms with E-state index >= 15 is 0 Å². The van der Waals surface area contributed by atoms with Gasteiger partial charge in [0.1, 0.15) is 5.54 Å². The van der Waals surface area contributed by atoms with Crippen molar-refractivity contribution < 1.29 is 13.2 Å². The van der Waals surface area contributed by atoms with Gasteiger partial charge >= 0.3 is 0 Å². The van der Waals surface area contributed by atoms with Crippen LogP contribution in [0.15, 0.2) is 60.0 Å². The first-order valence-corrected chi connectivity index (χ1v) is 11.0. The minimum absolute atomic E-state index is 0.119. The minimum atomic E-state index is -3.51. The van der Waals surface area contributed by atoms with Crippen LogP contribution in [0.4, 0.5) is 5.69 Å². The monoisotopic (exact) mass is 414 g/mol. The molecule has 3 aliphatic heterocycles. The summed E-state index contributed by atoms with van der Waals surface area (Å²) in [6, 6.07) is 12.5. The van der Waals surface area contributed by atoms with Gasteiger partial charge in [-0.3, -0.25) is 9.69 Å². The molecule has 3 atom stereocenters. The van der Waals surface area contributed by atoms with Gasteiger partial charge in [0.05, 0.1) is 10.1 Å². The number of carbonyl (C=O) groups is 1. The summed E-state index contributed by atoms with van der Waals surface area (Å²) < 4.78 is 26.5. The zero-order valence-electron chi connectivity index (χ0n) is 15.3. The third kappa shape index (κ3) is 1.91. The van der Waals surface area contributed by atoms with E-state index in [0.29, 0.717) is 23.0 Å². The fraction of sp³-hybridized carbons (Fsp3) is 0.286. The van der Waals surface area contributed by atoms with Crippen LogP contribution in [-0.4, -0.2) is 44.6 Å². The molecule has 0 N–H and O–H groups in total. The zero-order valence-corrected chi connectivity index (χ0v) is 16.9. The van der Waals surface area contributed by atoms with Gasteiger partial charge in [-0.2, -0.15) is 0 Å². The number of sulfone groups is 1. The number of hydrogen-bond acceptors (Lipinski definition) is 4. The smallest absolute Gasteiger partial charge is 0.253 e. The van der Waals surface area contributed by atoms with Crippen LogP contribution >= 0.6 is 11.6 Å². The lowest BCUT2D eigenvalue weighted by molar-refractivity contribution is -0.128. The molecule has 5 nitrogen and oxygen atoms in total. The molecule has 0 aromatic heterocycles. The Morgan fingerprint density at radius 2 is 2.04 bits per heavy atom. The van der Waals surface area contributed by atoms with Crippen molar-refractivity contribution in [2.75, 3.05) is 25.0 Å². The Bertz CT molecular complexity index is 1150. The summed E-state index contributed by atoms with van der Waals surface area (Å²) in [5.74, 6) is -0.593. The Balaban J connectivity index is 1.84. The molecule has 0 saturated carbocycles. The number of likely N-dealkylation sites (N-methyl/N-ethyl adjacent to an activating group) is 1. The Morgan fingerprint density at radius 1 is 1.29 bits per heavy atom. The van der Waals surface area contributed by atoms with Crippen molar-refractivity contribution in [1.82, 2.24) is 4.90 Å². The highest BCUT2D eigenvalue weighted by atomic mass is 35.5. The van der Waals surface area contributed by atoms with Gasteiger partial charge in [-0.1, -0.05) is 35.9 Å². The van der Waals surface area contributed by atoms with Crippen LogP contribution in [0.5, 0.6) is 0 Å². The molecule has 144 valence electrons. The molecule has 2 aromatic carbocycles. The highest BCUT2D eigenvalue weighted by molar-refractivity contribution is 7.92. The third-order valence-electron chi connectivity index (χ3n) is 6.38. The standard InChI is InChI=1S/C21H19ClN2O3S/c1-3-10-24-16-9-8-13(22)11-15(16)21(20(24)25)19-14-6-4-5-7-17(14)28(26,27)18(19)12-23(21)2/h3-9,11,18-19H,1,10,12H2,2H3/t18-,19-,21-/m1/s1. The fourth-order valence-electron chi connectivity index (χ4n) is 5.35. The molecule has 0 unspecified atom stereocenters. The van der Waals surface area contributed by atoms with Crippen molar-refractivity contribution in [3.8, 4) is 0 Å². The SMILES string of the molecule is C=CCN1C(=O)[C@@]2(c3cc(Cl)ccc31)[C@@H]1c3ccccc3S(=O)(=O)[C@@H]1CN2C. The molecule has 3 heterocycles. The van der Waals surface area contributed by atoms with E-state index in [2.05, 4.69) is 6.58 Å². The predicted octanol–water partition coefficient (Wildman–Crippen LogP) is 2.95. The van der Waals surface area contributed by atoms with Gasteiger partial charge in [-0.05, 0) is 36.9 Å². The van der Waals surface area contributed by atoms with Crippen LogP contribution in [0, 0.1) is 0 Å². The molecule has 0 radical (unpaired) electrons. The number of rotatable bonds is 2. The molecule has 1 saturated heterocycles. The molecular weight excluding hydrogens is 396 g/mol. The van der Waals surface area contributed by atoms with E-state index in [4.69, 9.17) is 11.6 Å².